The predicted molar refractivity (Wildman–Crippen MR) is 105 cm³/mol. The highest BCUT2D eigenvalue weighted by atomic mass is 19.1. The highest BCUT2D eigenvalue weighted by molar-refractivity contribution is 6.05. The van der Waals surface area contributed by atoms with Gasteiger partial charge in [-0.3, -0.25) is 9.88 Å². The number of hydrogen-bond acceptors (Lipinski definition) is 6. The van der Waals surface area contributed by atoms with Gasteiger partial charge in [0.25, 0.3) is 0 Å². The first-order chi connectivity index (χ1) is 13.0. The van der Waals surface area contributed by atoms with E-state index in [2.05, 4.69) is 34.1 Å². The van der Waals surface area contributed by atoms with Crippen molar-refractivity contribution in [3.8, 4) is 0 Å². The van der Waals surface area contributed by atoms with E-state index in [4.69, 9.17) is 4.74 Å². The molecule has 0 aliphatic carbocycles. The Hall–Kier alpha value is -2.25. The molecule has 0 spiro atoms. The molecule has 6 nitrogen and oxygen atoms in total. The number of nitrogens with zero attached hydrogens (tertiary/aromatic N) is 3. The molecule has 1 unspecified atom stereocenters. The lowest BCUT2D eigenvalue weighted by Gasteiger charge is -2.34. The van der Waals surface area contributed by atoms with E-state index in [0.717, 1.165) is 32.7 Å². The molecule has 0 radical (unpaired) electrons. The summed E-state index contributed by atoms with van der Waals surface area (Å²) in [6, 6.07) is 4.48. The summed E-state index contributed by atoms with van der Waals surface area (Å²) in [6.07, 6.45) is 1.50. The minimum Gasteiger partial charge on any atom is -0.462 e. The summed E-state index contributed by atoms with van der Waals surface area (Å²) in [5, 5.41) is 4.00. The number of nitrogens with one attached hydrogen (secondary N) is 1. The van der Waals surface area contributed by atoms with E-state index < -0.39 is 5.97 Å². The maximum absolute atomic E-state index is 13.9. The number of carbonyl (C=O) groups excluding carboxylic acids is 1. The normalized spacial score (nSPS) is 17.0. The van der Waals surface area contributed by atoms with Crippen LogP contribution in [0.15, 0.2) is 24.4 Å². The van der Waals surface area contributed by atoms with Gasteiger partial charge in [0.1, 0.15) is 11.4 Å². The Labute approximate surface area is 159 Å². The molecule has 1 aliphatic rings. The molecular formula is C20H27FN4O2. The van der Waals surface area contributed by atoms with Crippen molar-refractivity contribution in [1.82, 2.24) is 14.8 Å². The molecule has 27 heavy (non-hydrogen) atoms. The van der Waals surface area contributed by atoms with Crippen LogP contribution in [-0.4, -0.2) is 73.2 Å². The molecule has 0 saturated carbocycles. The summed E-state index contributed by atoms with van der Waals surface area (Å²) in [5.41, 5.74) is 1.55. The summed E-state index contributed by atoms with van der Waals surface area (Å²) in [7, 11) is 2.13. The van der Waals surface area contributed by atoms with E-state index in [0.29, 0.717) is 22.2 Å². The van der Waals surface area contributed by atoms with Crippen LogP contribution in [-0.2, 0) is 4.74 Å². The maximum atomic E-state index is 13.9. The third-order valence-electron chi connectivity index (χ3n) is 4.84. The van der Waals surface area contributed by atoms with Gasteiger partial charge in [0, 0.05) is 50.3 Å². The molecule has 1 atom stereocenters. The first-order valence-corrected chi connectivity index (χ1v) is 9.40. The van der Waals surface area contributed by atoms with Crippen molar-refractivity contribution in [2.45, 2.75) is 19.9 Å². The number of fused-ring (bicyclic) bond motifs is 1. The molecule has 146 valence electrons. The smallest absolute Gasteiger partial charge is 0.341 e. The summed E-state index contributed by atoms with van der Waals surface area (Å²) < 4.78 is 19.0. The molecule has 1 aliphatic heterocycles. The molecule has 2 heterocycles. The summed E-state index contributed by atoms with van der Waals surface area (Å²) in [5.74, 6) is -0.814. The average molecular weight is 374 g/mol. The lowest BCUT2D eigenvalue weighted by molar-refractivity contribution is 0.0527. The number of pyridine rings is 1. The van der Waals surface area contributed by atoms with Crippen LogP contribution in [0.2, 0.25) is 0 Å². The molecule has 1 N–H and O–H groups in total. The Morgan fingerprint density at radius 2 is 2.07 bits per heavy atom. The van der Waals surface area contributed by atoms with Gasteiger partial charge in [0.2, 0.25) is 0 Å². The number of piperazine rings is 1. The van der Waals surface area contributed by atoms with Crippen LogP contribution in [0.1, 0.15) is 24.2 Å². The zero-order valence-corrected chi connectivity index (χ0v) is 16.2. The van der Waals surface area contributed by atoms with Crippen LogP contribution in [0.5, 0.6) is 0 Å². The number of anilines is 1. The van der Waals surface area contributed by atoms with Gasteiger partial charge in [-0.25, -0.2) is 9.18 Å². The average Bonchev–Trinajstić information content (AvgIpc) is 2.64. The number of aromatic nitrogens is 1. The van der Waals surface area contributed by atoms with Crippen LogP contribution in [0.3, 0.4) is 0 Å². The largest absolute Gasteiger partial charge is 0.462 e. The van der Waals surface area contributed by atoms with Gasteiger partial charge in [-0.2, -0.15) is 0 Å². The Bertz CT molecular complexity index is 806. The first kappa shape index (κ1) is 19.5. The maximum Gasteiger partial charge on any atom is 0.341 e. The van der Waals surface area contributed by atoms with Gasteiger partial charge in [-0.05, 0) is 39.1 Å². The minimum atomic E-state index is -0.453. The Balaban J connectivity index is 1.86. The second kappa shape index (κ2) is 8.63. The van der Waals surface area contributed by atoms with Crippen LogP contribution in [0, 0.1) is 5.82 Å². The molecule has 2 aromatic rings. The number of rotatable bonds is 6. The number of carbonyl (C=O) groups is 1. The van der Waals surface area contributed by atoms with Crippen molar-refractivity contribution in [2.75, 3.05) is 51.7 Å². The topological polar surface area (TPSA) is 57.7 Å². The minimum absolute atomic E-state index is 0.0791. The molecular weight excluding hydrogens is 347 g/mol. The number of likely N-dealkylation sites (N-methyl/N-ethyl adjacent to an activating group) is 1. The van der Waals surface area contributed by atoms with Crippen molar-refractivity contribution >= 4 is 22.6 Å². The van der Waals surface area contributed by atoms with Gasteiger partial charge in [0.15, 0.2) is 0 Å². The number of benzene rings is 1. The Morgan fingerprint density at radius 1 is 1.33 bits per heavy atom. The fourth-order valence-corrected chi connectivity index (χ4v) is 3.39. The fourth-order valence-electron chi connectivity index (χ4n) is 3.39. The fraction of sp³-hybridized carbons (Fsp3) is 0.500. The van der Waals surface area contributed by atoms with Crippen molar-refractivity contribution in [3.05, 3.63) is 35.8 Å². The molecule has 0 amide bonds. The summed E-state index contributed by atoms with van der Waals surface area (Å²) >= 11 is 0. The highest BCUT2D eigenvalue weighted by Crippen LogP contribution is 2.28. The van der Waals surface area contributed by atoms with E-state index in [1.165, 1.54) is 18.3 Å². The third kappa shape index (κ3) is 4.73. The second-order valence-corrected chi connectivity index (χ2v) is 7.08. The molecule has 1 fully saturated rings. The standard InChI is InChI=1S/C20H27FN4O2/c1-4-27-20(26)17-12-22-18-6-5-15(21)11-16(18)19(17)23-14(2)13-25-9-7-24(3)8-10-25/h5-6,11-12,14H,4,7-10,13H2,1-3H3,(H,22,23). The van der Waals surface area contributed by atoms with Crippen LogP contribution in [0.25, 0.3) is 10.9 Å². The number of hydrogen-bond donors (Lipinski definition) is 1. The highest BCUT2D eigenvalue weighted by Gasteiger charge is 2.21. The van der Waals surface area contributed by atoms with E-state index in [9.17, 15) is 9.18 Å². The molecule has 1 aromatic carbocycles. The third-order valence-corrected chi connectivity index (χ3v) is 4.84. The van der Waals surface area contributed by atoms with Crippen LogP contribution >= 0.6 is 0 Å². The lowest BCUT2D eigenvalue weighted by atomic mass is 10.1. The predicted octanol–water partition coefficient (Wildman–Crippen LogP) is 2.60. The van der Waals surface area contributed by atoms with Gasteiger partial charge in [-0.15, -0.1) is 0 Å². The van der Waals surface area contributed by atoms with E-state index >= 15 is 0 Å². The zero-order valence-electron chi connectivity index (χ0n) is 16.2. The second-order valence-electron chi connectivity index (χ2n) is 7.08. The first-order valence-electron chi connectivity index (χ1n) is 9.40. The SMILES string of the molecule is CCOC(=O)c1cnc2ccc(F)cc2c1NC(C)CN1CCN(C)CC1. The summed E-state index contributed by atoms with van der Waals surface area (Å²) in [4.78, 5) is 21.4. The lowest BCUT2D eigenvalue weighted by Crippen LogP contribution is -2.47. The molecule has 3 rings (SSSR count). The van der Waals surface area contributed by atoms with Gasteiger partial charge in [0.05, 0.1) is 17.8 Å². The van der Waals surface area contributed by atoms with Crippen LogP contribution in [0.4, 0.5) is 10.1 Å². The van der Waals surface area contributed by atoms with E-state index in [1.54, 1.807) is 13.0 Å². The van der Waals surface area contributed by atoms with Gasteiger partial charge in [-0.1, -0.05) is 0 Å². The Morgan fingerprint density at radius 3 is 2.78 bits per heavy atom. The number of ether oxygens (including phenoxy) is 1. The molecule has 7 heteroatoms. The zero-order chi connectivity index (χ0) is 19.4. The van der Waals surface area contributed by atoms with Crippen molar-refractivity contribution in [1.29, 1.82) is 0 Å². The van der Waals surface area contributed by atoms with Gasteiger partial charge < -0.3 is 15.0 Å². The Kier molecular flexibility index (Phi) is 6.23. The van der Waals surface area contributed by atoms with Crippen LogP contribution < -0.4 is 5.32 Å². The molecule has 1 saturated heterocycles. The van der Waals surface area contributed by atoms with Crippen molar-refractivity contribution in [3.63, 3.8) is 0 Å². The van der Waals surface area contributed by atoms with Crippen molar-refractivity contribution < 1.29 is 13.9 Å². The quantitative estimate of drug-likeness (QED) is 0.785. The summed E-state index contributed by atoms with van der Waals surface area (Å²) in [6.45, 7) is 9.06. The number of esters is 1. The van der Waals surface area contributed by atoms with Crippen molar-refractivity contribution in [2.24, 2.45) is 0 Å². The molecule has 1 aromatic heterocycles. The molecule has 0 bridgehead atoms. The monoisotopic (exact) mass is 374 g/mol. The van der Waals surface area contributed by atoms with E-state index in [-0.39, 0.29) is 18.5 Å². The number of halogens is 1. The van der Waals surface area contributed by atoms with E-state index in [1.807, 2.05) is 0 Å². The van der Waals surface area contributed by atoms with Gasteiger partial charge >= 0.3 is 5.97 Å².